The molecule has 158 valence electrons. The number of hydrogen-bond acceptors (Lipinski definition) is 10. The second kappa shape index (κ2) is 11.0. The van der Waals surface area contributed by atoms with Crippen molar-refractivity contribution in [1.29, 1.82) is 0 Å². The molecule has 5 atom stereocenters. The lowest BCUT2D eigenvalue weighted by Gasteiger charge is -2.44. The Morgan fingerprint density at radius 2 is 1.39 bits per heavy atom. The van der Waals surface area contributed by atoms with E-state index in [0.717, 1.165) is 27.7 Å². The van der Waals surface area contributed by atoms with Crippen molar-refractivity contribution in [2.24, 2.45) is 0 Å². The second-order valence-electron chi connectivity index (χ2n) is 5.83. The van der Waals surface area contributed by atoms with Crippen molar-refractivity contribution in [3.05, 3.63) is 0 Å². The van der Waals surface area contributed by atoms with E-state index < -0.39 is 60.4 Å². The number of carbonyl (C=O) groups excluding carboxylic acids is 5. The quantitative estimate of drug-likeness (QED) is 0.297. The summed E-state index contributed by atoms with van der Waals surface area (Å²) in [4.78, 5) is 57.7. The van der Waals surface area contributed by atoms with Crippen LogP contribution in [0, 0.1) is 0 Å². The number of alkyl halides is 1. The number of rotatable bonds is 7. The van der Waals surface area contributed by atoms with Crippen LogP contribution in [0.15, 0.2) is 0 Å². The molecule has 1 amide bonds. The average molecular weight is 468 g/mol. The first-order valence-electron chi connectivity index (χ1n) is 8.21. The molecule has 1 rings (SSSR count). The first-order valence-corrected chi connectivity index (χ1v) is 9.33. The third-order valence-corrected chi connectivity index (χ3v) is 3.94. The van der Waals surface area contributed by atoms with E-state index in [1.807, 2.05) is 0 Å². The number of halogens is 1. The zero-order valence-corrected chi connectivity index (χ0v) is 17.3. The number of nitrogens with one attached hydrogen (secondary N) is 1. The molecule has 0 aromatic rings. The van der Waals surface area contributed by atoms with Gasteiger partial charge in [0.25, 0.3) is 0 Å². The zero-order valence-electron chi connectivity index (χ0n) is 15.8. The molecule has 1 aliphatic heterocycles. The molecule has 1 fully saturated rings. The minimum atomic E-state index is -1.39. The molecule has 1 heterocycles. The Bertz CT molecular complexity index is 625. The largest absolute Gasteiger partial charge is 0.463 e. The summed E-state index contributed by atoms with van der Waals surface area (Å²) >= 11 is 2.98. The molecule has 0 saturated carbocycles. The molecular weight excluding hydrogens is 446 g/mol. The van der Waals surface area contributed by atoms with Crippen LogP contribution in [0.2, 0.25) is 0 Å². The third-order valence-electron chi connectivity index (χ3n) is 3.43. The van der Waals surface area contributed by atoms with Crippen LogP contribution >= 0.6 is 15.9 Å². The molecule has 12 heteroatoms. The van der Waals surface area contributed by atoms with E-state index in [0.29, 0.717) is 0 Å². The first kappa shape index (κ1) is 23.8. The third kappa shape index (κ3) is 7.43. The van der Waals surface area contributed by atoms with E-state index in [9.17, 15) is 24.0 Å². The van der Waals surface area contributed by atoms with Gasteiger partial charge in [0.05, 0.1) is 5.33 Å². The van der Waals surface area contributed by atoms with Gasteiger partial charge < -0.3 is 29.0 Å². The summed E-state index contributed by atoms with van der Waals surface area (Å²) in [7, 11) is 0. The van der Waals surface area contributed by atoms with Gasteiger partial charge in [-0.1, -0.05) is 15.9 Å². The van der Waals surface area contributed by atoms with Gasteiger partial charge in [0.1, 0.15) is 18.8 Å². The highest BCUT2D eigenvalue weighted by Gasteiger charge is 2.52. The molecular formula is C16H22BrNO10. The van der Waals surface area contributed by atoms with E-state index >= 15 is 0 Å². The number of carbonyl (C=O) groups is 5. The monoisotopic (exact) mass is 467 g/mol. The van der Waals surface area contributed by atoms with Crippen molar-refractivity contribution < 1.29 is 47.7 Å². The van der Waals surface area contributed by atoms with E-state index in [-0.39, 0.29) is 11.9 Å². The van der Waals surface area contributed by atoms with Crippen LogP contribution in [0.3, 0.4) is 0 Å². The summed E-state index contributed by atoms with van der Waals surface area (Å²) in [5.74, 6) is -3.36. The Kier molecular flexibility index (Phi) is 9.32. The van der Waals surface area contributed by atoms with Crippen molar-refractivity contribution >= 4 is 45.7 Å². The van der Waals surface area contributed by atoms with Crippen LogP contribution in [0.1, 0.15) is 27.7 Å². The second-order valence-corrected chi connectivity index (χ2v) is 6.39. The lowest BCUT2D eigenvalue weighted by Crippen LogP contribution is -2.67. The fourth-order valence-electron chi connectivity index (χ4n) is 2.54. The molecule has 1 unspecified atom stereocenters. The highest BCUT2D eigenvalue weighted by atomic mass is 79.9. The summed E-state index contributed by atoms with van der Waals surface area (Å²) < 4.78 is 26.1. The van der Waals surface area contributed by atoms with Gasteiger partial charge in [-0.25, -0.2) is 0 Å². The molecule has 1 N–H and O–H groups in total. The molecule has 1 aliphatic rings. The number of amides is 1. The number of esters is 4. The normalized spacial score (nSPS) is 26.5. The molecule has 0 aromatic heterocycles. The van der Waals surface area contributed by atoms with Crippen molar-refractivity contribution in [3.63, 3.8) is 0 Å². The molecule has 0 aliphatic carbocycles. The maximum absolute atomic E-state index is 11.9. The highest BCUT2D eigenvalue weighted by molar-refractivity contribution is 9.09. The lowest BCUT2D eigenvalue weighted by molar-refractivity contribution is -0.270. The SMILES string of the molecule is CC(=O)OC[C@H]1OC(OC(C)=O)[C@H](NC(=O)CBr)[C@@H](OC(C)=O)[C@@H]1OC(C)=O. The van der Waals surface area contributed by atoms with Crippen LogP contribution in [0.5, 0.6) is 0 Å². The Labute approximate surface area is 169 Å². The summed E-state index contributed by atoms with van der Waals surface area (Å²) in [5.41, 5.74) is 0. The van der Waals surface area contributed by atoms with Gasteiger partial charge in [0, 0.05) is 27.7 Å². The number of ether oxygens (including phenoxy) is 5. The van der Waals surface area contributed by atoms with Crippen LogP contribution in [0.25, 0.3) is 0 Å². The fourth-order valence-corrected chi connectivity index (χ4v) is 2.71. The van der Waals surface area contributed by atoms with E-state index in [1.165, 1.54) is 0 Å². The first-order chi connectivity index (χ1) is 13.0. The molecule has 0 aromatic carbocycles. The van der Waals surface area contributed by atoms with Gasteiger partial charge in [-0.3, -0.25) is 24.0 Å². The van der Waals surface area contributed by atoms with Crippen molar-refractivity contribution in [2.45, 2.75) is 58.3 Å². The minimum absolute atomic E-state index is 0.0990. The lowest BCUT2D eigenvalue weighted by atomic mass is 9.96. The number of hydrogen-bond donors (Lipinski definition) is 1. The molecule has 28 heavy (non-hydrogen) atoms. The van der Waals surface area contributed by atoms with E-state index in [4.69, 9.17) is 23.7 Å². The Hall–Kier alpha value is -2.21. The molecule has 0 bridgehead atoms. The van der Waals surface area contributed by atoms with Crippen LogP contribution < -0.4 is 5.32 Å². The predicted octanol–water partition coefficient (Wildman–Crippen LogP) is -0.419. The topological polar surface area (TPSA) is 144 Å². The molecule has 0 radical (unpaired) electrons. The maximum Gasteiger partial charge on any atom is 0.305 e. The standard InChI is InChI=1S/C16H22BrNO10/c1-7(19)24-6-11-14(25-8(2)20)15(26-9(3)21)13(18-12(23)5-17)16(28-11)27-10(4)22/h11,13-16H,5-6H2,1-4H3,(H,18,23)/t11-,13-,14-,15-,16?/m1/s1. The smallest absolute Gasteiger partial charge is 0.305 e. The van der Waals surface area contributed by atoms with E-state index in [2.05, 4.69) is 21.2 Å². The summed E-state index contributed by atoms with van der Waals surface area (Å²) in [6.07, 6.45) is -5.04. The van der Waals surface area contributed by atoms with Gasteiger partial charge in [0.2, 0.25) is 12.2 Å². The maximum atomic E-state index is 11.9. The molecule has 1 saturated heterocycles. The minimum Gasteiger partial charge on any atom is -0.463 e. The van der Waals surface area contributed by atoms with E-state index in [1.54, 1.807) is 0 Å². The predicted molar refractivity (Wildman–Crippen MR) is 93.9 cm³/mol. The summed E-state index contributed by atoms with van der Waals surface area (Å²) in [6, 6.07) is -1.18. The fraction of sp³-hybridized carbons (Fsp3) is 0.688. The van der Waals surface area contributed by atoms with Gasteiger partial charge in [-0.2, -0.15) is 0 Å². The molecule has 0 spiro atoms. The zero-order chi connectivity index (χ0) is 21.4. The Morgan fingerprint density at radius 3 is 1.86 bits per heavy atom. The highest BCUT2D eigenvalue weighted by Crippen LogP contribution is 2.28. The van der Waals surface area contributed by atoms with Crippen LogP contribution in [-0.4, -0.2) is 72.4 Å². The Balaban J connectivity index is 3.31. The van der Waals surface area contributed by atoms with Crippen molar-refractivity contribution in [2.75, 3.05) is 11.9 Å². The van der Waals surface area contributed by atoms with Crippen molar-refractivity contribution in [1.82, 2.24) is 5.32 Å². The van der Waals surface area contributed by atoms with Gasteiger partial charge >= 0.3 is 23.9 Å². The van der Waals surface area contributed by atoms with Crippen LogP contribution in [-0.2, 0) is 47.7 Å². The Morgan fingerprint density at radius 1 is 0.857 bits per heavy atom. The van der Waals surface area contributed by atoms with Crippen molar-refractivity contribution in [3.8, 4) is 0 Å². The molecule has 11 nitrogen and oxygen atoms in total. The van der Waals surface area contributed by atoms with Gasteiger partial charge in [-0.05, 0) is 0 Å². The summed E-state index contributed by atoms with van der Waals surface area (Å²) in [5, 5.41) is 2.40. The average Bonchev–Trinajstić information content (AvgIpc) is 2.56. The van der Waals surface area contributed by atoms with Crippen LogP contribution in [0.4, 0.5) is 0 Å². The summed E-state index contributed by atoms with van der Waals surface area (Å²) in [6.45, 7) is 4.15. The van der Waals surface area contributed by atoms with Gasteiger partial charge in [0.15, 0.2) is 12.2 Å². The van der Waals surface area contributed by atoms with Gasteiger partial charge in [-0.15, -0.1) is 0 Å².